The first kappa shape index (κ1) is 14.5. The Bertz CT molecular complexity index is 598. The minimum atomic E-state index is -0.403. The van der Waals surface area contributed by atoms with Gasteiger partial charge in [-0.05, 0) is 36.8 Å². The van der Waals surface area contributed by atoms with E-state index < -0.39 is 5.82 Å². The number of benzene rings is 2. The predicted molar refractivity (Wildman–Crippen MR) is 79.7 cm³/mol. The highest BCUT2D eigenvalue weighted by Crippen LogP contribution is 2.21. The lowest BCUT2D eigenvalue weighted by atomic mass is 10.1. The minimum Gasteiger partial charge on any atom is -0.306 e. The van der Waals surface area contributed by atoms with Gasteiger partial charge in [-0.3, -0.25) is 4.79 Å². The van der Waals surface area contributed by atoms with Gasteiger partial charge < -0.3 is 4.90 Å². The highest BCUT2D eigenvalue weighted by atomic mass is 35.5. The molecule has 0 bridgehead atoms. The predicted octanol–water partition coefficient (Wildman–Crippen LogP) is 4.23. The molecule has 0 N–H and O–H groups in total. The van der Waals surface area contributed by atoms with Gasteiger partial charge in [-0.15, -0.1) is 11.6 Å². The molecule has 0 heterocycles. The van der Waals surface area contributed by atoms with E-state index >= 15 is 0 Å². The fourth-order valence-corrected chi connectivity index (χ4v) is 2.16. The van der Waals surface area contributed by atoms with Crippen LogP contribution in [0.5, 0.6) is 0 Å². The van der Waals surface area contributed by atoms with Gasteiger partial charge in [0.25, 0.3) is 5.91 Å². The Morgan fingerprint density at radius 1 is 1.15 bits per heavy atom. The molecule has 0 atom stereocenters. The number of para-hydroxylation sites is 1. The molecule has 2 nitrogen and oxygen atoms in total. The first-order valence-electron chi connectivity index (χ1n) is 6.38. The summed E-state index contributed by atoms with van der Waals surface area (Å²) in [6.45, 7) is 2.22. The molecule has 0 saturated carbocycles. The van der Waals surface area contributed by atoms with E-state index in [1.165, 1.54) is 11.0 Å². The van der Waals surface area contributed by atoms with Crippen LogP contribution in [0.25, 0.3) is 0 Å². The van der Waals surface area contributed by atoms with Crippen LogP contribution in [0, 0.1) is 5.82 Å². The van der Waals surface area contributed by atoms with E-state index in [4.69, 9.17) is 11.6 Å². The van der Waals surface area contributed by atoms with Crippen LogP contribution in [0.4, 0.5) is 10.1 Å². The van der Waals surface area contributed by atoms with Crippen molar-refractivity contribution in [1.29, 1.82) is 0 Å². The van der Waals surface area contributed by atoms with Crippen molar-refractivity contribution in [3.63, 3.8) is 0 Å². The van der Waals surface area contributed by atoms with Crippen LogP contribution >= 0.6 is 11.6 Å². The lowest BCUT2D eigenvalue weighted by molar-refractivity contribution is 0.0987. The van der Waals surface area contributed by atoms with Crippen molar-refractivity contribution in [1.82, 2.24) is 0 Å². The molecule has 0 fully saturated rings. The first-order valence-corrected chi connectivity index (χ1v) is 6.92. The number of amides is 1. The highest BCUT2D eigenvalue weighted by molar-refractivity contribution is 6.17. The molecule has 2 aromatic rings. The van der Waals surface area contributed by atoms with Gasteiger partial charge in [0.05, 0.1) is 5.69 Å². The second kappa shape index (κ2) is 6.53. The Hall–Kier alpha value is -1.87. The Balaban J connectivity index is 2.31. The number of carbonyl (C=O) groups is 1. The van der Waals surface area contributed by atoms with Crippen molar-refractivity contribution >= 4 is 23.2 Å². The van der Waals surface area contributed by atoms with Crippen molar-refractivity contribution in [2.75, 3.05) is 11.4 Å². The summed E-state index contributed by atoms with van der Waals surface area (Å²) in [5.74, 6) is -0.224. The summed E-state index contributed by atoms with van der Waals surface area (Å²) >= 11 is 5.72. The highest BCUT2D eigenvalue weighted by Gasteiger charge is 2.18. The maximum absolute atomic E-state index is 13.8. The second-order valence-electron chi connectivity index (χ2n) is 4.33. The summed E-state index contributed by atoms with van der Waals surface area (Å²) in [6.07, 6.45) is 0. The minimum absolute atomic E-state index is 0.223. The molecule has 0 aliphatic carbocycles. The fraction of sp³-hybridized carbons (Fsp3) is 0.188. The van der Waals surface area contributed by atoms with Gasteiger partial charge in [0.1, 0.15) is 5.82 Å². The normalized spacial score (nSPS) is 10.3. The summed E-state index contributed by atoms with van der Waals surface area (Å²) in [5.41, 5.74) is 1.75. The summed E-state index contributed by atoms with van der Waals surface area (Å²) < 4.78 is 13.8. The van der Waals surface area contributed by atoms with Gasteiger partial charge in [0.15, 0.2) is 0 Å². The molecule has 0 aliphatic heterocycles. The SMILES string of the molecule is CCN(C(=O)c1ccc(CCl)cc1)c1ccccc1F. The van der Waals surface area contributed by atoms with Crippen LogP contribution in [0.2, 0.25) is 0 Å². The summed E-state index contributed by atoms with van der Waals surface area (Å²) in [7, 11) is 0. The van der Waals surface area contributed by atoms with Crippen LogP contribution in [-0.2, 0) is 5.88 Å². The third-order valence-electron chi connectivity index (χ3n) is 3.06. The maximum Gasteiger partial charge on any atom is 0.258 e. The van der Waals surface area contributed by atoms with E-state index in [9.17, 15) is 9.18 Å². The average molecular weight is 292 g/mol. The maximum atomic E-state index is 13.8. The zero-order valence-electron chi connectivity index (χ0n) is 11.1. The van der Waals surface area contributed by atoms with Crippen LogP contribution < -0.4 is 4.90 Å². The van der Waals surface area contributed by atoms with Gasteiger partial charge >= 0.3 is 0 Å². The number of hydrogen-bond acceptors (Lipinski definition) is 1. The van der Waals surface area contributed by atoms with Crippen molar-refractivity contribution in [3.8, 4) is 0 Å². The standard InChI is InChI=1S/C16H15ClFNO/c1-2-19(15-6-4-3-5-14(15)18)16(20)13-9-7-12(11-17)8-10-13/h3-10H,2,11H2,1H3. The third-order valence-corrected chi connectivity index (χ3v) is 3.37. The second-order valence-corrected chi connectivity index (χ2v) is 4.60. The summed E-state index contributed by atoms with van der Waals surface area (Å²) in [5, 5.41) is 0. The fourth-order valence-electron chi connectivity index (χ4n) is 1.99. The molecule has 0 radical (unpaired) electrons. The van der Waals surface area contributed by atoms with E-state index in [2.05, 4.69) is 0 Å². The monoisotopic (exact) mass is 291 g/mol. The molecular weight excluding hydrogens is 277 g/mol. The van der Waals surface area contributed by atoms with E-state index in [0.717, 1.165) is 5.56 Å². The molecule has 2 aromatic carbocycles. The lowest BCUT2D eigenvalue weighted by Gasteiger charge is -2.21. The van der Waals surface area contributed by atoms with Gasteiger partial charge in [-0.25, -0.2) is 4.39 Å². The quantitative estimate of drug-likeness (QED) is 0.772. The van der Waals surface area contributed by atoms with Crippen LogP contribution in [0.1, 0.15) is 22.8 Å². The van der Waals surface area contributed by atoms with Crippen molar-refractivity contribution < 1.29 is 9.18 Å². The number of carbonyl (C=O) groups excluding carboxylic acids is 1. The molecule has 4 heteroatoms. The van der Waals surface area contributed by atoms with E-state index in [-0.39, 0.29) is 5.91 Å². The average Bonchev–Trinajstić information content (AvgIpc) is 2.50. The zero-order valence-corrected chi connectivity index (χ0v) is 11.9. The topological polar surface area (TPSA) is 20.3 Å². The molecule has 0 saturated heterocycles. The largest absolute Gasteiger partial charge is 0.306 e. The molecular formula is C16H15ClFNO. The van der Waals surface area contributed by atoms with Crippen LogP contribution in [0.3, 0.4) is 0 Å². The van der Waals surface area contributed by atoms with Crippen LogP contribution in [0.15, 0.2) is 48.5 Å². The van der Waals surface area contributed by atoms with Crippen LogP contribution in [-0.4, -0.2) is 12.5 Å². The summed E-state index contributed by atoms with van der Waals surface area (Å²) in [4.78, 5) is 13.9. The van der Waals surface area contributed by atoms with E-state index in [1.807, 2.05) is 6.92 Å². The molecule has 0 aromatic heterocycles. The number of rotatable bonds is 4. The number of hydrogen-bond donors (Lipinski definition) is 0. The summed E-state index contributed by atoms with van der Waals surface area (Å²) in [6, 6.07) is 13.3. The number of halogens is 2. The third kappa shape index (κ3) is 2.99. The van der Waals surface area contributed by atoms with Gasteiger partial charge in [0.2, 0.25) is 0 Å². The van der Waals surface area contributed by atoms with Crippen molar-refractivity contribution in [2.24, 2.45) is 0 Å². The Labute approximate surface area is 122 Å². The molecule has 0 aliphatic rings. The van der Waals surface area contributed by atoms with Gasteiger partial charge in [0, 0.05) is 18.0 Å². The van der Waals surface area contributed by atoms with Gasteiger partial charge in [-0.2, -0.15) is 0 Å². The van der Waals surface area contributed by atoms with Crippen molar-refractivity contribution in [2.45, 2.75) is 12.8 Å². The van der Waals surface area contributed by atoms with Crippen molar-refractivity contribution in [3.05, 3.63) is 65.5 Å². The lowest BCUT2D eigenvalue weighted by Crippen LogP contribution is -2.31. The molecule has 0 spiro atoms. The number of nitrogens with zero attached hydrogens (tertiary/aromatic N) is 1. The van der Waals surface area contributed by atoms with Gasteiger partial charge in [-0.1, -0.05) is 24.3 Å². The molecule has 0 unspecified atom stereocenters. The first-order chi connectivity index (χ1) is 9.67. The smallest absolute Gasteiger partial charge is 0.258 e. The molecule has 1 amide bonds. The Morgan fingerprint density at radius 3 is 2.35 bits per heavy atom. The number of anilines is 1. The Morgan fingerprint density at radius 2 is 1.80 bits per heavy atom. The molecule has 104 valence electrons. The van der Waals surface area contributed by atoms with E-state index in [1.54, 1.807) is 42.5 Å². The number of alkyl halides is 1. The molecule has 2 rings (SSSR count). The van der Waals surface area contributed by atoms with E-state index in [0.29, 0.717) is 23.7 Å². The Kier molecular flexibility index (Phi) is 4.74. The molecule has 20 heavy (non-hydrogen) atoms. The zero-order chi connectivity index (χ0) is 14.5.